The van der Waals surface area contributed by atoms with Gasteiger partial charge in [0.25, 0.3) is 0 Å². The van der Waals surface area contributed by atoms with Crippen LogP contribution in [0.4, 0.5) is 26.4 Å². The average molecular weight is 423 g/mol. The lowest BCUT2D eigenvalue weighted by molar-refractivity contribution is 0.129. The first-order chi connectivity index (χ1) is 15.2. The Hall–Kier alpha value is -3.69. The van der Waals surface area contributed by atoms with Crippen molar-refractivity contribution in [3.63, 3.8) is 0 Å². The van der Waals surface area contributed by atoms with Gasteiger partial charge in [-0.05, 0) is 30.3 Å². The second-order valence-corrected chi connectivity index (χ2v) is 7.54. The third-order valence-corrected chi connectivity index (χ3v) is 5.57. The van der Waals surface area contributed by atoms with E-state index in [2.05, 4.69) is 20.2 Å². The summed E-state index contributed by atoms with van der Waals surface area (Å²) in [5, 5.41) is 7.63. The minimum Gasteiger partial charge on any atom is -0.442 e. The van der Waals surface area contributed by atoms with Gasteiger partial charge in [0, 0.05) is 38.6 Å². The molecule has 5 rings (SSSR count). The normalized spacial score (nSPS) is 19.1. The number of carbonyl (C=O) groups excluding carboxylic acids is 1. The molecular formula is C21H22FN7O2. The summed E-state index contributed by atoms with van der Waals surface area (Å²) >= 11 is 0. The van der Waals surface area contributed by atoms with Crippen molar-refractivity contribution < 1.29 is 13.9 Å². The van der Waals surface area contributed by atoms with E-state index in [0.717, 1.165) is 18.9 Å². The Kier molecular flexibility index (Phi) is 5.11. The molecule has 0 aliphatic carbocycles. The van der Waals surface area contributed by atoms with Crippen molar-refractivity contribution in [2.45, 2.75) is 12.6 Å². The molecule has 0 spiro atoms. The number of rotatable bonds is 5. The highest BCUT2D eigenvalue weighted by molar-refractivity contribution is 5.90. The first-order valence-corrected chi connectivity index (χ1v) is 10.2. The number of nitrogens with zero attached hydrogens (tertiary/aromatic N) is 7. The fourth-order valence-electron chi connectivity index (χ4n) is 4.00. The summed E-state index contributed by atoms with van der Waals surface area (Å²) in [5.74, 6) is 0.585. The summed E-state index contributed by atoms with van der Waals surface area (Å²) < 4.78 is 22.0. The predicted molar refractivity (Wildman–Crippen MR) is 113 cm³/mol. The monoisotopic (exact) mass is 423 g/mol. The first kappa shape index (κ1) is 19.3. The zero-order valence-electron chi connectivity index (χ0n) is 16.8. The quantitative estimate of drug-likeness (QED) is 0.622. The van der Waals surface area contributed by atoms with E-state index in [4.69, 9.17) is 4.74 Å². The van der Waals surface area contributed by atoms with Crippen LogP contribution in [0.15, 0.2) is 55.0 Å². The van der Waals surface area contributed by atoms with Crippen LogP contribution in [0, 0.1) is 5.82 Å². The Bertz CT molecular complexity index is 1040. The summed E-state index contributed by atoms with van der Waals surface area (Å²) in [5.41, 5.74) is 1.02. The third-order valence-electron chi connectivity index (χ3n) is 5.57. The molecular weight excluding hydrogens is 401 g/mol. The lowest BCUT2D eigenvalue weighted by Gasteiger charge is -2.37. The van der Waals surface area contributed by atoms with Crippen molar-refractivity contribution in [3.8, 4) is 0 Å². The van der Waals surface area contributed by atoms with Gasteiger partial charge in [-0.2, -0.15) is 0 Å². The van der Waals surface area contributed by atoms with Crippen LogP contribution in [0.1, 0.15) is 0 Å². The fraction of sp³-hybridized carbons (Fsp3) is 0.333. The molecule has 160 valence electrons. The molecule has 9 nitrogen and oxygen atoms in total. The molecule has 2 fully saturated rings. The van der Waals surface area contributed by atoms with E-state index in [1.165, 1.54) is 11.0 Å². The van der Waals surface area contributed by atoms with Crippen molar-refractivity contribution >= 4 is 23.3 Å². The maximum Gasteiger partial charge on any atom is 0.414 e. The Morgan fingerprint density at radius 3 is 2.61 bits per heavy atom. The number of hydrogen-bond donors (Lipinski definition) is 0. The van der Waals surface area contributed by atoms with E-state index in [1.807, 2.05) is 23.1 Å². The molecule has 0 radical (unpaired) electrons. The number of anilines is 3. The van der Waals surface area contributed by atoms with Gasteiger partial charge in [0.2, 0.25) is 0 Å². The average Bonchev–Trinajstić information content (AvgIpc) is 3.44. The Labute approximate surface area is 178 Å². The van der Waals surface area contributed by atoms with E-state index in [0.29, 0.717) is 37.6 Å². The number of pyridine rings is 1. The van der Waals surface area contributed by atoms with Crippen molar-refractivity contribution in [1.29, 1.82) is 0 Å². The Balaban J connectivity index is 1.24. The molecule has 2 aliphatic heterocycles. The van der Waals surface area contributed by atoms with Crippen LogP contribution in [0.5, 0.6) is 0 Å². The van der Waals surface area contributed by atoms with E-state index in [9.17, 15) is 9.18 Å². The topological polar surface area (TPSA) is 79.6 Å². The molecule has 4 heterocycles. The summed E-state index contributed by atoms with van der Waals surface area (Å²) in [4.78, 5) is 22.3. The van der Waals surface area contributed by atoms with Gasteiger partial charge in [0.15, 0.2) is 0 Å². The highest BCUT2D eigenvalue weighted by atomic mass is 19.1. The van der Waals surface area contributed by atoms with Crippen LogP contribution in [0.25, 0.3) is 0 Å². The largest absolute Gasteiger partial charge is 0.442 e. The minimum atomic E-state index is -0.485. The standard InChI is InChI=1S/C21H22FN7O2/c22-18-13-16(29-15-17(31-21(29)30)14-28-8-7-24-25-28)4-5-19(18)26-9-11-27(12-10-26)20-3-1-2-6-23-20/h1-8,13,17H,9-12,14-15H2. The highest BCUT2D eigenvalue weighted by Gasteiger charge is 2.33. The molecule has 3 aromatic rings. The van der Waals surface area contributed by atoms with E-state index in [1.54, 1.807) is 35.4 Å². The Morgan fingerprint density at radius 2 is 1.90 bits per heavy atom. The molecule has 0 N–H and O–H groups in total. The predicted octanol–water partition coefficient (Wildman–Crippen LogP) is 2.16. The maximum absolute atomic E-state index is 15.0. The molecule has 2 aliphatic rings. The second kappa shape index (κ2) is 8.21. The molecule has 0 bridgehead atoms. The van der Waals surface area contributed by atoms with E-state index in [-0.39, 0.29) is 11.9 Å². The van der Waals surface area contributed by atoms with Crippen LogP contribution in [-0.2, 0) is 11.3 Å². The summed E-state index contributed by atoms with van der Waals surface area (Å²) in [6, 6.07) is 10.7. The van der Waals surface area contributed by atoms with E-state index >= 15 is 0 Å². The first-order valence-electron chi connectivity index (χ1n) is 10.2. The van der Waals surface area contributed by atoms with Gasteiger partial charge < -0.3 is 14.5 Å². The molecule has 31 heavy (non-hydrogen) atoms. The van der Waals surface area contributed by atoms with Gasteiger partial charge in [-0.1, -0.05) is 11.3 Å². The number of benzene rings is 1. The molecule has 1 atom stereocenters. The lowest BCUT2D eigenvalue weighted by atomic mass is 10.2. The number of ether oxygens (including phenoxy) is 1. The van der Waals surface area contributed by atoms with Crippen LogP contribution in [-0.4, -0.2) is 64.9 Å². The van der Waals surface area contributed by atoms with Gasteiger partial charge in [-0.15, -0.1) is 5.10 Å². The molecule has 1 unspecified atom stereocenters. The van der Waals surface area contributed by atoms with Gasteiger partial charge in [-0.25, -0.2) is 18.9 Å². The number of aromatic nitrogens is 4. The summed E-state index contributed by atoms with van der Waals surface area (Å²) in [6.07, 6.45) is 4.20. The van der Waals surface area contributed by atoms with Crippen molar-refractivity contribution in [2.75, 3.05) is 47.4 Å². The second-order valence-electron chi connectivity index (χ2n) is 7.54. The zero-order valence-corrected chi connectivity index (χ0v) is 16.8. The fourth-order valence-corrected chi connectivity index (χ4v) is 4.00. The van der Waals surface area contributed by atoms with Gasteiger partial charge in [0.05, 0.1) is 30.7 Å². The molecule has 0 saturated carbocycles. The molecule has 1 amide bonds. The number of cyclic esters (lactones) is 1. The summed E-state index contributed by atoms with van der Waals surface area (Å²) in [7, 11) is 0. The van der Waals surface area contributed by atoms with Crippen molar-refractivity contribution in [1.82, 2.24) is 20.0 Å². The number of halogens is 1. The van der Waals surface area contributed by atoms with Gasteiger partial charge >= 0.3 is 6.09 Å². The molecule has 2 aromatic heterocycles. The van der Waals surface area contributed by atoms with Crippen LogP contribution in [0.2, 0.25) is 0 Å². The van der Waals surface area contributed by atoms with Gasteiger partial charge in [-0.3, -0.25) is 4.90 Å². The number of piperazine rings is 1. The highest BCUT2D eigenvalue weighted by Crippen LogP contribution is 2.29. The van der Waals surface area contributed by atoms with Gasteiger partial charge in [0.1, 0.15) is 17.7 Å². The van der Waals surface area contributed by atoms with Crippen molar-refractivity contribution in [3.05, 3.63) is 60.8 Å². The van der Waals surface area contributed by atoms with Crippen LogP contribution >= 0.6 is 0 Å². The smallest absolute Gasteiger partial charge is 0.414 e. The molecule has 1 aromatic carbocycles. The zero-order chi connectivity index (χ0) is 21.2. The van der Waals surface area contributed by atoms with Crippen LogP contribution in [0.3, 0.4) is 0 Å². The van der Waals surface area contributed by atoms with E-state index < -0.39 is 6.09 Å². The maximum atomic E-state index is 15.0. The minimum absolute atomic E-state index is 0.334. The molecule has 2 saturated heterocycles. The Morgan fingerprint density at radius 1 is 1.06 bits per heavy atom. The number of carbonyl (C=O) groups is 1. The van der Waals surface area contributed by atoms with Crippen LogP contribution < -0.4 is 14.7 Å². The van der Waals surface area contributed by atoms with Crippen molar-refractivity contribution in [2.24, 2.45) is 0 Å². The SMILES string of the molecule is O=C1OC(Cn2ccnn2)CN1c1ccc(N2CCN(c3ccccn3)CC2)c(F)c1. The lowest BCUT2D eigenvalue weighted by Crippen LogP contribution is -2.47. The summed E-state index contributed by atoms with van der Waals surface area (Å²) in [6.45, 7) is 3.65. The number of amides is 1. The third kappa shape index (κ3) is 4.00. The number of hydrogen-bond acceptors (Lipinski definition) is 7. The molecule has 10 heteroatoms.